The maximum atomic E-state index is 5.98. The third kappa shape index (κ3) is 4.72. The molecule has 1 fully saturated rings. The summed E-state index contributed by atoms with van der Waals surface area (Å²) in [5, 5.41) is 0. The zero-order chi connectivity index (χ0) is 16.3. The van der Waals surface area contributed by atoms with E-state index in [0.717, 1.165) is 18.8 Å². The van der Waals surface area contributed by atoms with Gasteiger partial charge in [0.05, 0.1) is 12.2 Å². The van der Waals surface area contributed by atoms with Crippen molar-refractivity contribution in [2.24, 2.45) is 0 Å². The molecule has 0 bridgehead atoms. The molecule has 0 amide bonds. The van der Waals surface area contributed by atoms with Crippen LogP contribution in [0.1, 0.15) is 47.1 Å². The van der Waals surface area contributed by atoms with E-state index >= 15 is 0 Å². The molecule has 0 N–H and O–H groups in total. The first kappa shape index (κ1) is 17.3. The number of nitrogens with zero attached hydrogens (tertiary/aromatic N) is 1. The van der Waals surface area contributed by atoms with E-state index in [1.807, 2.05) is 0 Å². The van der Waals surface area contributed by atoms with Gasteiger partial charge < -0.3 is 9.47 Å². The van der Waals surface area contributed by atoms with Crippen LogP contribution in [0.25, 0.3) is 0 Å². The summed E-state index contributed by atoms with van der Waals surface area (Å²) in [6.45, 7) is 15.9. The molecule has 3 heteroatoms. The van der Waals surface area contributed by atoms with Gasteiger partial charge in [0, 0.05) is 19.1 Å². The van der Waals surface area contributed by atoms with Crippen LogP contribution >= 0.6 is 0 Å². The molecule has 0 saturated carbocycles. The molecule has 1 saturated heterocycles. The Labute approximate surface area is 135 Å². The van der Waals surface area contributed by atoms with Crippen molar-refractivity contribution in [1.29, 1.82) is 0 Å². The number of hydrogen-bond donors (Lipinski definition) is 0. The van der Waals surface area contributed by atoms with Crippen LogP contribution in [-0.2, 0) is 10.2 Å². The molecule has 3 nitrogen and oxygen atoms in total. The van der Waals surface area contributed by atoms with E-state index in [1.165, 1.54) is 5.56 Å². The highest BCUT2D eigenvalue weighted by molar-refractivity contribution is 5.31. The lowest BCUT2D eigenvalue weighted by molar-refractivity contribution is -0.0821. The van der Waals surface area contributed by atoms with E-state index in [1.54, 1.807) is 0 Å². The van der Waals surface area contributed by atoms with Crippen molar-refractivity contribution >= 4 is 0 Å². The number of hydrogen-bond acceptors (Lipinski definition) is 3. The van der Waals surface area contributed by atoms with Crippen LogP contribution in [0, 0.1) is 0 Å². The highest BCUT2D eigenvalue weighted by Crippen LogP contribution is 2.24. The lowest BCUT2D eigenvalue weighted by Gasteiger charge is -2.38. The van der Waals surface area contributed by atoms with Crippen molar-refractivity contribution in [3.8, 4) is 5.75 Å². The van der Waals surface area contributed by atoms with Gasteiger partial charge in [0.25, 0.3) is 0 Å². The minimum absolute atomic E-state index is 0.186. The van der Waals surface area contributed by atoms with Gasteiger partial charge in [-0.15, -0.1) is 0 Å². The Morgan fingerprint density at radius 3 is 2.18 bits per heavy atom. The van der Waals surface area contributed by atoms with E-state index in [4.69, 9.17) is 9.47 Å². The second kappa shape index (κ2) is 7.01. The molecule has 1 aromatic carbocycles. The molecule has 0 aromatic heterocycles. The van der Waals surface area contributed by atoms with E-state index < -0.39 is 0 Å². The van der Waals surface area contributed by atoms with E-state index in [2.05, 4.69) is 70.7 Å². The SMILES string of the molecule is CC1CN(C(C)COc2ccc(C(C)(C)C)cc2)CC(C)O1. The van der Waals surface area contributed by atoms with Gasteiger partial charge in [-0.25, -0.2) is 0 Å². The summed E-state index contributed by atoms with van der Waals surface area (Å²) in [4.78, 5) is 2.46. The summed E-state index contributed by atoms with van der Waals surface area (Å²) in [6.07, 6.45) is 0.606. The first-order valence-corrected chi connectivity index (χ1v) is 8.38. The number of morpholine rings is 1. The Kier molecular flexibility index (Phi) is 5.51. The number of rotatable bonds is 4. The van der Waals surface area contributed by atoms with Crippen LogP contribution in [0.4, 0.5) is 0 Å². The van der Waals surface area contributed by atoms with Gasteiger partial charge >= 0.3 is 0 Å². The molecule has 0 radical (unpaired) electrons. The molecule has 0 aliphatic carbocycles. The first-order valence-electron chi connectivity index (χ1n) is 8.38. The average Bonchev–Trinajstić information content (AvgIpc) is 2.43. The van der Waals surface area contributed by atoms with E-state index in [0.29, 0.717) is 24.9 Å². The fourth-order valence-electron chi connectivity index (χ4n) is 2.95. The Bertz CT molecular complexity index is 453. The Balaban J connectivity index is 1.87. The van der Waals surface area contributed by atoms with Crippen LogP contribution in [0.3, 0.4) is 0 Å². The highest BCUT2D eigenvalue weighted by atomic mass is 16.5. The van der Waals surface area contributed by atoms with Gasteiger partial charge in [0.2, 0.25) is 0 Å². The zero-order valence-electron chi connectivity index (χ0n) is 14.9. The second-order valence-electron chi connectivity index (χ2n) is 7.65. The summed E-state index contributed by atoms with van der Waals surface area (Å²) in [5.74, 6) is 0.953. The Hall–Kier alpha value is -1.06. The third-order valence-corrected chi connectivity index (χ3v) is 4.28. The minimum Gasteiger partial charge on any atom is -0.492 e. The molecule has 2 rings (SSSR count). The molecule has 1 aromatic rings. The third-order valence-electron chi connectivity index (χ3n) is 4.28. The van der Waals surface area contributed by atoms with Crippen molar-refractivity contribution < 1.29 is 9.47 Å². The number of ether oxygens (including phenoxy) is 2. The van der Waals surface area contributed by atoms with Crippen LogP contribution in [0.2, 0.25) is 0 Å². The predicted molar refractivity (Wildman–Crippen MR) is 91.7 cm³/mol. The fourth-order valence-corrected chi connectivity index (χ4v) is 2.95. The Morgan fingerprint density at radius 1 is 1.14 bits per heavy atom. The van der Waals surface area contributed by atoms with Crippen molar-refractivity contribution in [3.05, 3.63) is 29.8 Å². The van der Waals surface area contributed by atoms with Gasteiger partial charge in [-0.1, -0.05) is 32.9 Å². The summed E-state index contributed by atoms with van der Waals surface area (Å²) in [7, 11) is 0. The van der Waals surface area contributed by atoms with E-state index in [-0.39, 0.29) is 5.41 Å². The molecule has 3 unspecified atom stereocenters. The summed E-state index contributed by atoms with van der Waals surface area (Å²) < 4.78 is 11.8. The standard InChI is InChI=1S/C19H31NO2/c1-14(20-11-15(2)22-16(3)12-20)13-21-18-9-7-17(8-10-18)19(4,5)6/h7-10,14-16H,11-13H2,1-6H3. The lowest BCUT2D eigenvalue weighted by atomic mass is 9.87. The molecule has 22 heavy (non-hydrogen) atoms. The lowest BCUT2D eigenvalue weighted by Crippen LogP contribution is -2.50. The van der Waals surface area contributed by atoms with Crippen LogP contribution < -0.4 is 4.74 Å². The first-order chi connectivity index (χ1) is 10.3. The topological polar surface area (TPSA) is 21.7 Å². The average molecular weight is 305 g/mol. The van der Waals surface area contributed by atoms with Gasteiger partial charge in [0.1, 0.15) is 12.4 Å². The van der Waals surface area contributed by atoms with Crippen molar-refractivity contribution in [1.82, 2.24) is 4.90 Å². The highest BCUT2D eigenvalue weighted by Gasteiger charge is 2.25. The van der Waals surface area contributed by atoms with Gasteiger partial charge in [-0.3, -0.25) is 4.90 Å². The van der Waals surface area contributed by atoms with Crippen molar-refractivity contribution in [2.45, 2.75) is 65.2 Å². The quantitative estimate of drug-likeness (QED) is 0.843. The van der Waals surface area contributed by atoms with Gasteiger partial charge in [-0.2, -0.15) is 0 Å². The van der Waals surface area contributed by atoms with Crippen molar-refractivity contribution in [2.75, 3.05) is 19.7 Å². The van der Waals surface area contributed by atoms with Crippen LogP contribution in [-0.4, -0.2) is 42.8 Å². The summed E-state index contributed by atoms with van der Waals surface area (Å²) >= 11 is 0. The molecule has 1 heterocycles. The summed E-state index contributed by atoms with van der Waals surface area (Å²) in [6, 6.07) is 8.89. The maximum absolute atomic E-state index is 5.98. The molecular formula is C19H31NO2. The van der Waals surface area contributed by atoms with Crippen LogP contribution in [0.15, 0.2) is 24.3 Å². The van der Waals surface area contributed by atoms with Gasteiger partial charge in [0.15, 0.2) is 0 Å². The molecule has 3 atom stereocenters. The monoisotopic (exact) mass is 305 g/mol. The zero-order valence-corrected chi connectivity index (χ0v) is 14.9. The molecule has 1 aliphatic rings. The largest absolute Gasteiger partial charge is 0.492 e. The molecular weight excluding hydrogens is 274 g/mol. The fraction of sp³-hybridized carbons (Fsp3) is 0.684. The normalized spacial score (nSPS) is 25.0. The van der Waals surface area contributed by atoms with Crippen LogP contribution in [0.5, 0.6) is 5.75 Å². The van der Waals surface area contributed by atoms with Crippen molar-refractivity contribution in [3.63, 3.8) is 0 Å². The summed E-state index contributed by atoms with van der Waals surface area (Å²) in [5.41, 5.74) is 1.52. The molecule has 124 valence electrons. The smallest absolute Gasteiger partial charge is 0.119 e. The second-order valence-corrected chi connectivity index (χ2v) is 7.65. The van der Waals surface area contributed by atoms with Gasteiger partial charge in [-0.05, 0) is 43.9 Å². The maximum Gasteiger partial charge on any atom is 0.119 e. The minimum atomic E-state index is 0.186. The number of benzene rings is 1. The predicted octanol–water partition coefficient (Wildman–Crippen LogP) is 3.86. The Morgan fingerprint density at radius 2 is 1.68 bits per heavy atom. The van der Waals surface area contributed by atoms with E-state index in [9.17, 15) is 0 Å². The molecule has 1 aliphatic heterocycles. The molecule has 0 spiro atoms.